The number of aldehydes is 1. The summed E-state index contributed by atoms with van der Waals surface area (Å²) in [6.07, 6.45) is 1.80. The third-order valence-corrected chi connectivity index (χ3v) is 1.66. The van der Waals surface area contributed by atoms with Gasteiger partial charge in [-0.15, -0.1) is 0 Å². The van der Waals surface area contributed by atoms with Crippen LogP contribution in [-0.2, 0) is 5.41 Å². The van der Waals surface area contributed by atoms with E-state index >= 15 is 0 Å². The number of aliphatic hydroxyl groups excluding tert-OH is 1. The number of hydrogen-bond donors (Lipinski definition) is 2. The van der Waals surface area contributed by atoms with Gasteiger partial charge in [0.2, 0.25) is 0 Å². The highest BCUT2D eigenvalue weighted by molar-refractivity contribution is 5.73. The number of H-pyrrole nitrogens is 1. The number of aromatic nitrogens is 2. The molecule has 1 aromatic heterocycles. The van der Waals surface area contributed by atoms with Crippen molar-refractivity contribution in [1.29, 1.82) is 0 Å². The Morgan fingerprint density at radius 3 is 2.27 bits per heavy atom. The van der Waals surface area contributed by atoms with E-state index in [-0.39, 0.29) is 16.5 Å². The lowest BCUT2D eigenvalue weighted by molar-refractivity contribution is 0.112. The van der Waals surface area contributed by atoms with E-state index in [2.05, 4.69) is 9.97 Å². The molecule has 1 rings (SSSR count). The Morgan fingerprint density at radius 2 is 1.93 bits per heavy atom. The van der Waals surface area contributed by atoms with Gasteiger partial charge in [0.1, 0.15) is 5.82 Å². The van der Waals surface area contributed by atoms with Crippen LogP contribution in [0.25, 0.3) is 0 Å². The molecule has 0 spiro atoms. The molecule has 0 aliphatic rings. The SMILES string of the molecule is CC(C)(C)c1ncc(C=O)c(=O)[nH]1.CO. The molecule has 1 aromatic rings. The van der Waals surface area contributed by atoms with Crippen molar-refractivity contribution in [2.24, 2.45) is 0 Å². The molecular weight excluding hydrogens is 196 g/mol. The second-order valence-electron chi connectivity index (χ2n) is 3.88. The van der Waals surface area contributed by atoms with Crippen molar-refractivity contribution in [3.8, 4) is 0 Å². The molecule has 0 atom stereocenters. The summed E-state index contributed by atoms with van der Waals surface area (Å²) in [4.78, 5) is 28.1. The van der Waals surface area contributed by atoms with Crippen LogP contribution in [0.3, 0.4) is 0 Å². The van der Waals surface area contributed by atoms with Crippen molar-refractivity contribution in [3.05, 3.63) is 27.9 Å². The summed E-state index contributed by atoms with van der Waals surface area (Å²) in [5.41, 5.74) is -0.524. The van der Waals surface area contributed by atoms with E-state index in [4.69, 9.17) is 5.11 Å². The number of aliphatic hydroxyl groups is 1. The van der Waals surface area contributed by atoms with Gasteiger partial charge in [0.05, 0.1) is 5.56 Å². The van der Waals surface area contributed by atoms with Crippen LogP contribution in [0.1, 0.15) is 37.0 Å². The molecule has 0 saturated carbocycles. The third-order valence-electron chi connectivity index (χ3n) is 1.66. The van der Waals surface area contributed by atoms with E-state index in [9.17, 15) is 9.59 Å². The van der Waals surface area contributed by atoms with Gasteiger partial charge < -0.3 is 10.1 Å². The van der Waals surface area contributed by atoms with E-state index < -0.39 is 0 Å². The number of rotatable bonds is 1. The standard InChI is InChI=1S/C9H12N2O2.CH4O/c1-9(2,3)8-10-4-6(5-12)7(13)11-8;1-2/h4-5H,1-3H3,(H,10,11,13);2H,1H3. The van der Waals surface area contributed by atoms with E-state index in [1.165, 1.54) is 6.20 Å². The van der Waals surface area contributed by atoms with Crippen molar-refractivity contribution < 1.29 is 9.90 Å². The van der Waals surface area contributed by atoms with Gasteiger partial charge >= 0.3 is 0 Å². The minimum Gasteiger partial charge on any atom is -0.400 e. The summed E-state index contributed by atoms with van der Waals surface area (Å²) in [5.74, 6) is 0.586. The van der Waals surface area contributed by atoms with Crippen LogP contribution >= 0.6 is 0 Å². The van der Waals surface area contributed by atoms with Crippen molar-refractivity contribution in [1.82, 2.24) is 9.97 Å². The van der Waals surface area contributed by atoms with E-state index in [0.717, 1.165) is 7.11 Å². The predicted molar refractivity (Wildman–Crippen MR) is 57.1 cm³/mol. The summed E-state index contributed by atoms with van der Waals surface area (Å²) in [6.45, 7) is 5.81. The first kappa shape index (κ1) is 13.5. The first-order valence-electron chi connectivity index (χ1n) is 4.45. The van der Waals surface area contributed by atoms with Crippen molar-refractivity contribution >= 4 is 6.29 Å². The molecule has 0 unspecified atom stereocenters. The fourth-order valence-corrected chi connectivity index (χ4v) is 0.870. The molecule has 0 aliphatic heterocycles. The molecule has 84 valence electrons. The second kappa shape index (κ2) is 5.41. The number of nitrogens with zero attached hydrogens (tertiary/aromatic N) is 1. The molecule has 0 fully saturated rings. The molecule has 5 heteroatoms. The Hall–Kier alpha value is -1.49. The molecule has 15 heavy (non-hydrogen) atoms. The Labute approximate surface area is 88.2 Å². The second-order valence-corrected chi connectivity index (χ2v) is 3.88. The third kappa shape index (κ3) is 3.63. The molecule has 0 bridgehead atoms. The first-order chi connectivity index (χ1) is 6.95. The lowest BCUT2D eigenvalue weighted by Crippen LogP contribution is -2.23. The lowest BCUT2D eigenvalue weighted by Gasteiger charge is -2.16. The number of hydrogen-bond acceptors (Lipinski definition) is 4. The maximum atomic E-state index is 11.2. The van der Waals surface area contributed by atoms with Gasteiger partial charge in [0, 0.05) is 18.7 Å². The Bertz CT molecular complexity index is 377. The van der Waals surface area contributed by atoms with Gasteiger partial charge in [-0.1, -0.05) is 20.8 Å². The zero-order valence-corrected chi connectivity index (χ0v) is 9.37. The Morgan fingerprint density at radius 1 is 1.40 bits per heavy atom. The minimum absolute atomic E-state index is 0.0630. The number of nitrogens with one attached hydrogen (secondary N) is 1. The quantitative estimate of drug-likeness (QED) is 0.663. The number of aromatic amines is 1. The number of carbonyl (C=O) groups excluding carboxylic acids is 1. The minimum atomic E-state index is -0.380. The molecule has 0 amide bonds. The average Bonchev–Trinajstić information content (AvgIpc) is 2.19. The molecule has 0 aromatic carbocycles. The van der Waals surface area contributed by atoms with Crippen LogP contribution in [0, 0.1) is 0 Å². The summed E-state index contributed by atoms with van der Waals surface area (Å²) < 4.78 is 0. The molecule has 0 saturated heterocycles. The van der Waals surface area contributed by atoms with E-state index in [0.29, 0.717) is 12.1 Å². The van der Waals surface area contributed by atoms with E-state index in [1.54, 1.807) is 0 Å². The fourth-order valence-electron chi connectivity index (χ4n) is 0.870. The molecule has 0 radical (unpaired) electrons. The predicted octanol–water partition coefficient (Wildman–Crippen LogP) is 0.488. The van der Waals surface area contributed by atoms with Crippen LogP contribution in [0.5, 0.6) is 0 Å². The largest absolute Gasteiger partial charge is 0.400 e. The highest BCUT2D eigenvalue weighted by Crippen LogP contribution is 2.15. The van der Waals surface area contributed by atoms with Crippen LogP contribution in [0.15, 0.2) is 11.0 Å². The van der Waals surface area contributed by atoms with Crippen LogP contribution < -0.4 is 5.56 Å². The maximum Gasteiger partial charge on any atom is 0.261 e. The normalized spacial score (nSPS) is 10.2. The van der Waals surface area contributed by atoms with Gasteiger partial charge in [-0.05, 0) is 0 Å². The van der Waals surface area contributed by atoms with Gasteiger partial charge in [-0.3, -0.25) is 9.59 Å². The zero-order chi connectivity index (χ0) is 12.1. The monoisotopic (exact) mass is 212 g/mol. The highest BCUT2D eigenvalue weighted by atomic mass is 16.2. The van der Waals surface area contributed by atoms with Crippen molar-refractivity contribution in [2.45, 2.75) is 26.2 Å². The number of carbonyl (C=O) groups is 1. The molecular formula is C10H16N2O3. The van der Waals surface area contributed by atoms with Crippen molar-refractivity contribution in [2.75, 3.05) is 7.11 Å². The molecule has 2 N–H and O–H groups in total. The van der Waals surface area contributed by atoms with E-state index in [1.807, 2.05) is 20.8 Å². The van der Waals surface area contributed by atoms with Crippen LogP contribution in [0.2, 0.25) is 0 Å². The topological polar surface area (TPSA) is 83.0 Å². The van der Waals surface area contributed by atoms with Crippen LogP contribution in [0.4, 0.5) is 0 Å². The van der Waals surface area contributed by atoms with Gasteiger partial charge in [0.15, 0.2) is 6.29 Å². The zero-order valence-electron chi connectivity index (χ0n) is 9.37. The summed E-state index contributed by atoms with van der Waals surface area (Å²) in [7, 11) is 1.00. The fraction of sp³-hybridized carbons (Fsp3) is 0.500. The maximum absolute atomic E-state index is 11.2. The van der Waals surface area contributed by atoms with Crippen molar-refractivity contribution in [3.63, 3.8) is 0 Å². The molecule has 0 aliphatic carbocycles. The Balaban J connectivity index is 0.000000921. The van der Waals surface area contributed by atoms with Crippen LogP contribution in [-0.4, -0.2) is 28.5 Å². The van der Waals surface area contributed by atoms with Gasteiger partial charge in [-0.2, -0.15) is 0 Å². The smallest absolute Gasteiger partial charge is 0.261 e. The summed E-state index contributed by atoms with van der Waals surface area (Å²) >= 11 is 0. The molecule has 1 heterocycles. The van der Waals surface area contributed by atoms with Gasteiger partial charge in [-0.25, -0.2) is 4.98 Å². The average molecular weight is 212 g/mol. The molecule has 5 nitrogen and oxygen atoms in total. The Kier molecular flexibility index (Phi) is 4.87. The summed E-state index contributed by atoms with van der Waals surface area (Å²) in [5, 5.41) is 7.00. The van der Waals surface area contributed by atoms with Gasteiger partial charge in [0.25, 0.3) is 5.56 Å². The lowest BCUT2D eigenvalue weighted by atomic mass is 9.96. The highest BCUT2D eigenvalue weighted by Gasteiger charge is 2.16. The summed E-state index contributed by atoms with van der Waals surface area (Å²) in [6, 6.07) is 0. The first-order valence-corrected chi connectivity index (χ1v) is 4.45.